The summed E-state index contributed by atoms with van der Waals surface area (Å²) >= 11 is 1.68. The highest BCUT2D eigenvalue weighted by molar-refractivity contribution is 7.16. The van der Waals surface area contributed by atoms with E-state index in [1.165, 1.54) is 31.1 Å². The van der Waals surface area contributed by atoms with Gasteiger partial charge in [-0.05, 0) is 54.9 Å². The van der Waals surface area contributed by atoms with E-state index in [0.29, 0.717) is 0 Å². The molecule has 4 rings (SSSR count). The van der Waals surface area contributed by atoms with Crippen LogP contribution in [0.1, 0.15) is 25.7 Å². The van der Waals surface area contributed by atoms with Crippen LogP contribution in [-0.4, -0.2) is 16.5 Å². The lowest BCUT2D eigenvalue weighted by molar-refractivity contribution is 0.428. The van der Waals surface area contributed by atoms with Gasteiger partial charge in [0.05, 0.1) is 5.39 Å². The van der Waals surface area contributed by atoms with Crippen molar-refractivity contribution in [3.8, 4) is 0 Å². The Kier molecular flexibility index (Phi) is 2.50. The molecule has 0 spiro atoms. The first kappa shape index (κ1) is 10.7. The van der Waals surface area contributed by atoms with Crippen LogP contribution in [0.3, 0.4) is 0 Å². The van der Waals surface area contributed by atoms with Gasteiger partial charge in [0.2, 0.25) is 0 Å². The lowest BCUT2D eigenvalue weighted by Crippen LogP contribution is -2.18. The van der Waals surface area contributed by atoms with E-state index in [2.05, 4.69) is 26.7 Å². The Morgan fingerprint density at radius 1 is 1.22 bits per heavy atom. The second-order valence-corrected chi connectivity index (χ2v) is 6.48. The maximum absolute atomic E-state index is 4.39. The van der Waals surface area contributed by atoms with Crippen LogP contribution in [0.15, 0.2) is 17.8 Å². The molecule has 0 aromatic carbocycles. The maximum Gasteiger partial charge on any atom is 0.138 e. The summed E-state index contributed by atoms with van der Waals surface area (Å²) in [5.74, 6) is 3.89. The van der Waals surface area contributed by atoms with E-state index >= 15 is 0 Å². The van der Waals surface area contributed by atoms with E-state index in [1.54, 1.807) is 17.7 Å². The van der Waals surface area contributed by atoms with Gasteiger partial charge in [0.1, 0.15) is 17.0 Å². The van der Waals surface area contributed by atoms with Crippen molar-refractivity contribution >= 4 is 27.4 Å². The summed E-state index contributed by atoms with van der Waals surface area (Å²) < 4.78 is 0. The van der Waals surface area contributed by atoms with Crippen LogP contribution in [0, 0.1) is 17.8 Å². The highest BCUT2D eigenvalue weighted by Crippen LogP contribution is 2.49. The number of nitrogens with zero attached hydrogens (tertiary/aromatic N) is 2. The molecule has 4 heteroatoms. The SMILES string of the molecule is c1nc(NCC(C2CC2)C2CC2)c2ccsc2n1. The number of fused-ring (bicyclic) bond motifs is 1. The van der Waals surface area contributed by atoms with E-state index in [9.17, 15) is 0 Å². The minimum Gasteiger partial charge on any atom is -0.369 e. The third-order valence-corrected chi connectivity index (χ3v) is 5.04. The fraction of sp³-hybridized carbons (Fsp3) is 0.571. The first-order valence-electron chi connectivity index (χ1n) is 6.84. The largest absolute Gasteiger partial charge is 0.369 e. The predicted octanol–water partition coefficient (Wildman–Crippen LogP) is 3.54. The zero-order valence-corrected chi connectivity index (χ0v) is 11.1. The molecule has 18 heavy (non-hydrogen) atoms. The van der Waals surface area contributed by atoms with Gasteiger partial charge in [-0.2, -0.15) is 0 Å². The molecule has 0 aliphatic heterocycles. The molecule has 1 N–H and O–H groups in total. The van der Waals surface area contributed by atoms with Gasteiger partial charge in [-0.3, -0.25) is 0 Å². The van der Waals surface area contributed by atoms with Crippen molar-refractivity contribution in [2.24, 2.45) is 17.8 Å². The number of hydrogen-bond acceptors (Lipinski definition) is 4. The Morgan fingerprint density at radius 3 is 2.72 bits per heavy atom. The Morgan fingerprint density at radius 2 is 2.00 bits per heavy atom. The molecule has 2 saturated carbocycles. The average molecular weight is 259 g/mol. The molecule has 0 bridgehead atoms. The molecule has 3 nitrogen and oxygen atoms in total. The molecule has 2 aromatic heterocycles. The minimum absolute atomic E-state index is 0.883. The summed E-state index contributed by atoms with van der Waals surface area (Å²) in [6.07, 6.45) is 7.45. The number of rotatable bonds is 5. The van der Waals surface area contributed by atoms with Crippen LogP contribution in [0.5, 0.6) is 0 Å². The van der Waals surface area contributed by atoms with Crippen LogP contribution in [-0.2, 0) is 0 Å². The van der Waals surface area contributed by atoms with Crippen LogP contribution in [0.2, 0.25) is 0 Å². The Labute approximate surface area is 111 Å². The molecule has 2 fully saturated rings. The zero-order valence-electron chi connectivity index (χ0n) is 10.3. The Balaban J connectivity index is 1.51. The third-order valence-electron chi connectivity index (χ3n) is 4.22. The Bertz CT molecular complexity index is 545. The normalized spacial score (nSPS) is 19.6. The van der Waals surface area contributed by atoms with Crippen molar-refractivity contribution in [1.82, 2.24) is 9.97 Å². The first-order valence-corrected chi connectivity index (χ1v) is 7.72. The van der Waals surface area contributed by atoms with Crippen LogP contribution < -0.4 is 5.32 Å². The molecule has 2 aliphatic rings. The molecular formula is C14H17N3S. The van der Waals surface area contributed by atoms with Crippen molar-refractivity contribution < 1.29 is 0 Å². The fourth-order valence-electron chi connectivity index (χ4n) is 2.91. The van der Waals surface area contributed by atoms with Crippen LogP contribution in [0.25, 0.3) is 10.2 Å². The predicted molar refractivity (Wildman–Crippen MR) is 74.8 cm³/mol. The van der Waals surface area contributed by atoms with Crippen molar-refractivity contribution in [3.63, 3.8) is 0 Å². The van der Waals surface area contributed by atoms with Gasteiger partial charge in [0.25, 0.3) is 0 Å². The van der Waals surface area contributed by atoms with Gasteiger partial charge in [0, 0.05) is 6.54 Å². The maximum atomic E-state index is 4.39. The monoisotopic (exact) mass is 259 g/mol. The number of anilines is 1. The molecule has 94 valence electrons. The summed E-state index contributed by atoms with van der Waals surface area (Å²) in [6.45, 7) is 1.09. The summed E-state index contributed by atoms with van der Waals surface area (Å²) in [6, 6.07) is 2.12. The summed E-state index contributed by atoms with van der Waals surface area (Å²) in [4.78, 5) is 9.77. The van der Waals surface area contributed by atoms with Crippen molar-refractivity contribution in [3.05, 3.63) is 17.8 Å². The molecule has 0 saturated heterocycles. The van der Waals surface area contributed by atoms with Crippen LogP contribution in [0.4, 0.5) is 5.82 Å². The van der Waals surface area contributed by atoms with E-state index in [0.717, 1.165) is 34.9 Å². The van der Waals surface area contributed by atoms with E-state index in [4.69, 9.17) is 0 Å². The zero-order chi connectivity index (χ0) is 11.9. The summed E-state index contributed by atoms with van der Waals surface area (Å²) in [7, 11) is 0. The second kappa shape index (κ2) is 4.19. The number of thiophene rings is 1. The molecular weight excluding hydrogens is 242 g/mol. The van der Waals surface area contributed by atoms with Crippen LogP contribution >= 0.6 is 11.3 Å². The Hall–Kier alpha value is -1.16. The second-order valence-electron chi connectivity index (χ2n) is 5.58. The van der Waals surface area contributed by atoms with Crippen molar-refractivity contribution in [2.75, 3.05) is 11.9 Å². The highest BCUT2D eigenvalue weighted by Gasteiger charge is 2.41. The minimum atomic E-state index is 0.883. The van der Waals surface area contributed by atoms with Gasteiger partial charge in [-0.15, -0.1) is 11.3 Å². The first-order chi connectivity index (χ1) is 8.92. The number of nitrogens with one attached hydrogen (secondary N) is 1. The molecule has 0 unspecified atom stereocenters. The lowest BCUT2D eigenvalue weighted by Gasteiger charge is -2.16. The summed E-state index contributed by atoms with van der Waals surface area (Å²) in [5.41, 5.74) is 0. The van der Waals surface area contributed by atoms with Crippen molar-refractivity contribution in [1.29, 1.82) is 0 Å². The lowest BCUT2D eigenvalue weighted by atomic mass is 9.98. The quantitative estimate of drug-likeness (QED) is 0.892. The topological polar surface area (TPSA) is 37.8 Å². The third kappa shape index (κ3) is 1.99. The molecule has 2 aromatic rings. The molecule has 2 aliphatic carbocycles. The highest BCUT2D eigenvalue weighted by atomic mass is 32.1. The van der Waals surface area contributed by atoms with Crippen molar-refractivity contribution in [2.45, 2.75) is 25.7 Å². The average Bonchev–Trinajstić information content (AvgIpc) is 3.30. The van der Waals surface area contributed by atoms with Gasteiger partial charge in [-0.25, -0.2) is 9.97 Å². The molecule has 0 atom stereocenters. The fourth-order valence-corrected chi connectivity index (χ4v) is 3.65. The van der Waals surface area contributed by atoms with Gasteiger partial charge in [0.15, 0.2) is 0 Å². The summed E-state index contributed by atoms with van der Waals surface area (Å²) in [5, 5.41) is 6.83. The molecule has 0 radical (unpaired) electrons. The standard InChI is InChI=1S/C14H17N3S/c1-2-9(1)12(10-3-4-10)7-15-13-11-5-6-18-14(11)17-8-16-13/h5-6,8-10,12H,1-4,7H2,(H,15,16,17). The molecule has 0 amide bonds. The van der Waals surface area contributed by atoms with Gasteiger partial charge < -0.3 is 5.32 Å². The van der Waals surface area contributed by atoms with E-state index in [-0.39, 0.29) is 0 Å². The van der Waals surface area contributed by atoms with Gasteiger partial charge >= 0.3 is 0 Å². The molecule has 2 heterocycles. The van der Waals surface area contributed by atoms with Gasteiger partial charge in [-0.1, -0.05) is 0 Å². The number of aromatic nitrogens is 2. The van der Waals surface area contributed by atoms with E-state index in [1.807, 2.05) is 0 Å². The number of hydrogen-bond donors (Lipinski definition) is 1. The smallest absolute Gasteiger partial charge is 0.138 e. The van der Waals surface area contributed by atoms with E-state index < -0.39 is 0 Å².